The summed E-state index contributed by atoms with van der Waals surface area (Å²) in [5.41, 5.74) is 0.868. The van der Waals surface area contributed by atoms with E-state index in [2.05, 4.69) is 23.3 Å². The number of nitrogens with zero attached hydrogens (tertiary/aromatic N) is 2. The van der Waals surface area contributed by atoms with E-state index in [-0.39, 0.29) is 5.92 Å². The van der Waals surface area contributed by atoms with Gasteiger partial charge in [-0.05, 0) is 25.0 Å². The zero-order valence-electron chi connectivity index (χ0n) is 12.7. The van der Waals surface area contributed by atoms with E-state index in [1.807, 2.05) is 18.3 Å². The molecule has 0 aliphatic carbocycles. The first-order valence-corrected chi connectivity index (χ1v) is 7.75. The molecular weight excluding hydrogens is 252 g/mol. The van der Waals surface area contributed by atoms with E-state index in [0.29, 0.717) is 5.78 Å². The number of rotatable bonds is 7. The summed E-state index contributed by atoms with van der Waals surface area (Å²) in [7, 11) is 0. The van der Waals surface area contributed by atoms with Gasteiger partial charge in [-0.3, -0.25) is 9.69 Å². The zero-order valence-corrected chi connectivity index (χ0v) is 12.7. The van der Waals surface area contributed by atoms with Crippen LogP contribution in [0, 0.1) is 5.92 Å². The van der Waals surface area contributed by atoms with Gasteiger partial charge >= 0.3 is 0 Å². The number of aromatic nitrogens is 1. The highest BCUT2D eigenvalue weighted by molar-refractivity contribution is 5.96. The van der Waals surface area contributed by atoms with Crippen LogP contribution in [0.15, 0.2) is 18.3 Å². The summed E-state index contributed by atoms with van der Waals surface area (Å²) in [6.07, 6.45) is 3.87. The summed E-state index contributed by atoms with van der Waals surface area (Å²) in [6, 6.07) is 3.94. The van der Waals surface area contributed by atoms with Crippen LogP contribution in [0.4, 0.5) is 0 Å². The lowest BCUT2D eigenvalue weighted by Crippen LogP contribution is -2.38. The quantitative estimate of drug-likeness (QED) is 0.719. The van der Waals surface area contributed by atoms with Crippen LogP contribution in [0.2, 0.25) is 0 Å². The van der Waals surface area contributed by atoms with Gasteiger partial charge in [0, 0.05) is 38.3 Å². The monoisotopic (exact) mass is 278 g/mol. The molecule has 2 rings (SSSR count). The molecule has 0 radical (unpaired) electrons. The molecule has 0 saturated carbocycles. The minimum absolute atomic E-state index is 0.159. The lowest BCUT2D eigenvalue weighted by atomic mass is 9.96. The molecule has 112 valence electrons. The summed E-state index contributed by atoms with van der Waals surface area (Å²) in [5.74, 6) is 0.453. The molecule has 1 fully saturated rings. The zero-order chi connectivity index (χ0) is 14.4. The molecule has 0 amide bonds. The van der Waals surface area contributed by atoms with Crippen LogP contribution in [0.25, 0.3) is 0 Å². The van der Waals surface area contributed by atoms with E-state index in [1.54, 1.807) is 0 Å². The van der Waals surface area contributed by atoms with Crippen molar-refractivity contribution in [3.8, 4) is 0 Å². The smallest absolute Gasteiger partial charge is 0.182 e. The minimum Gasteiger partial charge on any atom is -0.379 e. The van der Waals surface area contributed by atoms with Crippen LogP contribution in [0.5, 0.6) is 0 Å². The molecule has 2 heterocycles. The Balaban J connectivity index is 1.95. The number of carbonyl (C=O) groups excluding carboxylic acids is 1. The first-order chi connectivity index (χ1) is 9.76. The van der Waals surface area contributed by atoms with Gasteiger partial charge in [0.05, 0.1) is 18.9 Å². The average Bonchev–Trinajstić information content (AvgIpc) is 2.95. The third-order valence-corrected chi connectivity index (χ3v) is 4.20. The Bertz CT molecular complexity index is 418. The molecule has 1 saturated heterocycles. The predicted molar refractivity (Wildman–Crippen MR) is 80.1 cm³/mol. The fraction of sp³-hybridized carbons (Fsp3) is 0.688. The van der Waals surface area contributed by atoms with Crippen molar-refractivity contribution in [1.82, 2.24) is 9.47 Å². The highest BCUT2D eigenvalue weighted by Gasteiger charge is 2.19. The summed E-state index contributed by atoms with van der Waals surface area (Å²) in [6.45, 7) is 9.69. The Morgan fingerprint density at radius 3 is 2.60 bits per heavy atom. The van der Waals surface area contributed by atoms with Crippen molar-refractivity contribution in [1.29, 1.82) is 0 Å². The molecule has 0 unspecified atom stereocenters. The van der Waals surface area contributed by atoms with E-state index >= 15 is 0 Å². The maximum absolute atomic E-state index is 12.5. The molecule has 1 aliphatic heterocycles. The van der Waals surface area contributed by atoms with Crippen molar-refractivity contribution in [2.75, 3.05) is 32.8 Å². The van der Waals surface area contributed by atoms with Crippen LogP contribution in [-0.2, 0) is 11.3 Å². The lowest BCUT2D eigenvalue weighted by Gasteiger charge is -2.27. The number of hydrogen-bond acceptors (Lipinski definition) is 3. The number of ether oxygens (including phenoxy) is 1. The average molecular weight is 278 g/mol. The van der Waals surface area contributed by atoms with Gasteiger partial charge in [0.2, 0.25) is 0 Å². The standard InChI is InChI=1S/C16H26N2O2/c1-3-14(4-2)16(19)15-6-5-7-18(15)9-8-17-10-12-20-13-11-17/h5-7,14H,3-4,8-13H2,1-2H3. The highest BCUT2D eigenvalue weighted by Crippen LogP contribution is 2.16. The van der Waals surface area contributed by atoms with Crippen LogP contribution in [-0.4, -0.2) is 48.1 Å². The van der Waals surface area contributed by atoms with Crippen molar-refractivity contribution in [2.45, 2.75) is 33.2 Å². The second-order valence-corrected chi connectivity index (χ2v) is 5.42. The Hall–Kier alpha value is -1.13. The molecule has 4 nitrogen and oxygen atoms in total. The molecule has 0 spiro atoms. The first kappa shape index (κ1) is 15.3. The van der Waals surface area contributed by atoms with E-state index in [1.165, 1.54) is 0 Å². The Morgan fingerprint density at radius 2 is 1.95 bits per heavy atom. The van der Waals surface area contributed by atoms with E-state index < -0.39 is 0 Å². The molecule has 1 aliphatic rings. The van der Waals surface area contributed by atoms with Crippen molar-refractivity contribution in [3.05, 3.63) is 24.0 Å². The summed E-state index contributed by atoms with van der Waals surface area (Å²) in [4.78, 5) is 14.9. The summed E-state index contributed by atoms with van der Waals surface area (Å²) in [5, 5.41) is 0. The Kier molecular flexibility index (Phi) is 5.80. The number of Topliss-reactive ketones (excluding diaryl/α,β-unsaturated/α-hetero) is 1. The van der Waals surface area contributed by atoms with Gasteiger partial charge in [0.1, 0.15) is 0 Å². The molecule has 20 heavy (non-hydrogen) atoms. The van der Waals surface area contributed by atoms with E-state index in [4.69, 9.17) is 4.74 Å². The molecular formula is C16H26N2O2. The third kappa shape index (κ3) is 3.70. The molecule has 0 bridgehead atoms. The maximum Gasteiger partial charge on any atom is 0.182 e. The highest BCUT2D eigenvalue weighted by atomic mass is 16.5. The lowest BCUT2D eigenvalue weighted by molar-refractivity contribution is 0.0362. The van der Waals surface area contributed by atoms with Gasteiger partial charge in [-0.2, -0.15) is 0 Å². The van der Waals surface area contributed by atoms with Gasteiger partial charge in [0.15, 0.2) is 5.78 Å². The first-order valence-electron chi connectivity index (χ1n) is 7.75. The number of hydrogen-bond donors (Lipinski definition) is 0. The summed E-state index contributed by atoms with van der Waals surface area (Å²) < 4.78 is 7.46. The second kappa shape index (κ2) is 7.60. The van der Waals surface area contributed by atoms with Crippen LogP contribution in [0.1, 0.15) is 37.2 Å². The summed E-state index contributed by atoms with van der Waals surface area (Å²) >= 11 is 0. The van der Waals surface area contributed by atoms with Gasteiger partial charge in [0.25, 0.3) is 0 Å². The molecule has 0 N–H and O–H groups in total. The fourth-order valence-corrected chi connectivity index (χ4v) is 2.78. The number of morpholine rings is 1. The van der Waals surface area contributed by atoms with E-state index in [9.17, 15) is 4.79 Å². The number of carbonyl (C=O) groups is 1. The normalized spacial score (nSPS) is 16.8. The van der Waals surface area contributed by atoms with Crippen LogP contribution >= 0.6 is 0 Å². The van der Waals surface area contributed by atoms with Crippen molar-refractivity contribution in [2.24, 2.45) is 5.92 Å². The van der Waals surface area contributed by atoms with Crippen LogP contribution in [0.3, 0.4) is 0 Å². The van der Waals surface area contributed by atoms with Crippen LogP contribution < -0.4 is 0 Å². The Morgan fingerprint density at radius 1 is 1.25 bits per heavy atom. The van der Waals surface area contributed by atoms with Gasteiger partial charge in [-0.25, -0.2) is 0 Å². The van der Waals surface area contributed by atoms with Crippen molar-refractivity contribution < 1.29 is 9.53 Å². The maximum atomic E-state index is 12.5. The molecule has 1 aromatic heterocycles. The van der Waals surface area contributed by atoms with Gasteiger partial charge < -0.3 is 9.30 Å². The van der Waals surface area contributed by atoms with Crippen molar-refractivity contribution in [3.63, 3.8) is 0 Å². The molecule has 1 aromatic rings. The number of ketones is 1. The SMILES string of the molecule is CCC(CC)C(=O)c1cccn1CCN1CCOCC1. The Labute approximate surface area is 121 Å². The third-order valence-electron chi connectivity index (χ3n) is 4.20. The second-order valence-electron chi connectivity index (χ2n) is 5.42. The molecule has 0 atom stereocenters. The predicted octanol–water partition coefficient (Wildman–Crippen LogP) is 2.44. The van der Waals surface area contributed by atoms with Crippen molar-refractivity contribution >= 4 is 5.78 Å². The largest absolute Gasteiger partial charge is 0.379 e. The topological polar surface area (TPSA) is 34.5 Å². The minimum atomic E-state index is 0.159. The molecule has 4 heteroatoms. The van der Waals surface area contributed by atoms with E-state index in [0.717, 1.165) is 57.9 Å². The molecule has 0 aromatic carbocycles. The fourth-order valence-electron chi connectivity index (χ4n) is 2.78. The van der Waals surface area contributed by atoms with Gasteiger partial charge in [-0.1, -0.05) is 13.8 Å². The van der Waals surface area contributed by atoms with Gasteiger partial charge in [-0.15, -0.1) is 0 Å².